The van der Waals surface area contributed by atoms with Crippen molar-refractivity contribution in [1.82, 2.24) is 0 Å². The fourth-order valence-electron chi connectivity index (χ4n) is 0.615. The van der Waals surface area contributed by atoms with Crippen LogP contribution >= 0.6 is 7.82 Å². The van der Waals surface area contributed by atoms with Gasteiger partial charge in [0.15, 0.2) is 0 Å². The Morgan fingerprint density at radius 3 is 2.15 bits per heavy atom. The van der Waals surface area contributed by atoms with Crippen LogP contribution in [0.3, 0.4) is 0 Å². The summed E-state index contributed by atoms with van der Waals surface area (Å²) in [6.07, 6.45) is 0. The molecule has 1 atom stereocenters. The van der Waals surface area contributed by atoms with Crippen molar-refractivity contribution in [2.75, 3.05) is 0 Å². The Morgan fingerprint density at radius 1 is 1.31 bits per heavy atom. The average molecular weight is 201 g/mol. The molecule has 72 valence electrons. The Morgan fingerprint density at radius 2 is 1.77 bits per heavy atom. The highest BCUT2D eigenvalue weighted by Gasteiger charge is 2.01. The third-order valence-corrected chi connectivity index (χ3v) is 1.41. The van der Waals surface area contributed by atoms with E-state index in [1.165, 1.54) is 12.1 Å². The molecule has 0 aliphatic carbocycles. The molecule has 5 heteroatoms. The van der Waals surface area contributed by atoms with Gasteiger partial charge >= 0.3 is 7.82 Å². The molecule has 4 nitrogen and oxygen atoms in total. The lowest BCUT2D eigenvalue weighted by Gasteiger charge is -2.15. The molecule has 13 heavy (non-hydrogen) atoms. The van der Waals surface area contributed by atoms with Crippen LogP contribution < -0.4 is 9.42 Å². The Labute approximate surface area is 76.7 Å². The smallest absolute Gasteiger partial charge is 0.317 e. The number of para-hydroxylation sites is 1. The van der Waals surface area contributed by atoms with Crippen molar-refractivity contribution in [2.45, 2.75) is 0 Å². The maximum atomic E-state index is 10.2. The lowest BCUT2D eigenvalue weighted by Crippen LogP contribution is -2.05. The second-order valence-electron chi connectivity index (χ2n) is 1.87. The van der Waals surface area contributed by atoms with Crippen molar-refractivity contribution >= 4 is 7.82 Å². The predicted octanol–water partition coefficient (Wildman–Crippen LogP) is 1.33. The summed E-state index contributed by atoms with van der Waals surface area (Å²) in [5, 5.41) is 0. The number of phosphoric acid groups is 1. The molecule has 1 unspecified atom stereocenters. The summed E-state index contributed by atoms with van der Waals surface area (Å²) >= 11 is 0. The molecule has 0 aliphatic heterocycles. The second kappa shape index (κ2) is 5.54. The van der Waals surface area contributed by atoms with Gasteiger partial charge in [-0.3, -0.25) is 4.57 Å². The van der Waals surface area contributed by atoms with Crippen LogP contribution in [0.2, 0.25) is 0 Å². The van der Waals surface area contributed by atoms with E-state index >= 15 is 0 Å². The molecular weight excluding hydrogens is 191 g/mol. The van der Waals surface area contributed by atoms with Crippen molar-refractivity contribution in [3.8, 4) is 5.75 Å². The van der Waals surface area contributed by atoms with E-state index in [4.69, 9.17) is 4.89 Å². The van der Waals surface area contributed by atoms with Crippen LogP contribution in [-0.4, -0.2) is 4.89 Å². The molecule has 0 aliphatic rings. The van der Waals surface area contributed by atoms with Crippen molar-refractivity contribution in [3.63, 3.8) is 0 Å². The molecule has 0 saturated carbocycles. The first-order valence-electron chi connectivity index (χ1n) is 3.36. The summed E-state index contributed by atoms with van der Waals surface area (Å²) in [5.74, 6) is 0.105. The van der Waals surface area contributed by atoms with E-state index in [0.29, 0.717) is 0 Å². The summed E-state index contributed by atoms with van der Waals surface area (Å²) in [6.45, 7) is 6.00. The zero-order valence-electron chi connectivity index (χ0n) is 6.92. The van der Waals surface area contributed by atoms with Gasteiger partial charge in [0.2, 0.25) is 0 Å². The summed E-state index contributed by atoms with van der Waals surface area (Å²) in [6, 6.07) is 7.78. The van der Waals surface area contributed by atoms with Gasteiger partial charge in [-0.25, -0.2) is 0 Å². The molecule has 0 bridgehead atoms. The highest BCUT2D eigenvalue weighted by atomic mass is 31.2. The molecule has 0 amide bonds. The lowest BCUT2D eigenvalue weighted by atomic mass is 10.3. The number of rotatable bonds is 2. The largest absolute Gasteiger partial charge is 0.746 e. The van der Waals surface area contributed by atoms with Crippen LogP contribution in [0.1, 0.15) is 0 Å². The Kier molecular flexibility index (Phi) is 5.07. The molecule has 1 rings (SSSR count). The van der Waals surface area contributed by atoms with Crippen molar-refractivity contribution in [3.05, 3.63) is 43.5 Å². The first-order chi connectivity index (χ1) is 6.08. The van der Waals surface area contributed by atoms with Gasteiger partial charge in [-0.2, -0.15) is 0 Å². The van der Waals surface area contributed by atoms with Crippen LogP contribution in [-0.2, 0) is 4.57 Å². The molecule has 1 N–H and O–H groups in total. The zero-order chi connectivity index (χ0) is 10.3. The number of phosphoric ester groups is 1. The highest BCUT2D eigenvalue weighted by Crippen LogP contribution is 2.32. The fourth-order valence-corrected chi connectivity index (χ4v) is 1.00. The highest BCUT2D eigenvalue weighted by molar-refractivity contribution is 7.45. The SMILES string of the molecule is C=C.O=P([O-])(O)Oc1ccccc1. The topological polar surface area (TPSA) is 69.6 Å². The standard InChI is InChI=1S/C6H7O4P.C2H4/c7-11(8,9)10-6-4-2-1-3-5-6;1-2/h1-5H,(H2,7,8,9);1-2H2/p-1. The Balaban J connectivity index is 0.000000671. The first kappa shape index (κ1) is 11.9. The van der Waals surface area contributed by atoms with E-state index in [1.807, 2.05) is 0 Å². The van der Waals surface area contributed by atoms with E-state index in [9.17, 15) is 9.46 Å². The normalized spacial score (nSPS) is 13.4. The summed E-state index contributed by atoms with van der Waals surface area (Å²) in [5.41, 5.74) is 0. The van der Waals surface area contributed by atoms with Crippen LogP contribution in [0.15, 0.2) is 43.5 Å². The van der Waals surface area contributed by atoms with Crippen LogP contribution in [0, 0.1) is 0 Å². The van der Waals surface area contributed by atoms with Gasteiger partial charge in [0, 0.05) is 0 Å². The third kappa shape index (κ3) is 6.11. The summed E-state index contributed by atoms with van der Waals surface area (Å²) in [4.78, 5) is 18.4. The Hall–Kier alpha value is -1.09. The van der Waals surface area contributed by atoms with Crippen LogP contribution in [0.4, 0.5) is 0 Å². The molecule has 0 saturated heterocycles. The maximum absolute atomic E-state index is 10.2. The quantitative estimate of drug-likeness (QED) is 0.578. The van der Waals surface area contributed by atoms with Crippen molar-refractivity contribution in [2.24, 2.45) is 0 Å². The van der Waals surface area contributed by atoms with Crippen LogP contribution in [0.25, 0.3) is 0 Å². The molecule has 0 fully saturated rings. The van der Waals surface area contributed by atoms with E-state index in [1.54, 1.807) is 18.2 Å². The molecule has 0 aromatic heterocycles. The van der Waals surface area contributed by atoms with E-state index in [-0.39, 0.29) is 5.75 Å². The number of hydrogen-bond donors (Lipinski definition) is 1. The zero-order valence-corrected chi connectivity index (χ0v) is 7.81. The minimum absolute atomic E-state index is 0.105. The van der Waals surface area contributed by atoms with Gasteiger partial charge in [0.1, 0.15) is 5.75 Å². The van der Waals surface area contributed by atoms with E-state index < -0.39 is 7.82 Å². The van der Waals surface area contributed by atoms with Gasteiger partial charge < -0.3 is 14.3 Å². The van der Waals surface area contributed by atoms with Crippen LogP contribution in [0.5, 0.6) is 5.75 Å². The predicted molar refractivity (Wildman–Crippen MR) is 48.1 cm³/mol. The molecule has 0 heterocycles. The molecule has 0 radical (unpaired) electrons. The van der Waals surface area contributed by atoms with Gasteiger partial charge in [-0.15, -0.1) is 13.2 Å². The minimum Gasteiger partial charge on any atom is -0.746 e. The van der Waals surface area contributed by atoms with Gasteiger partial charge in [-0.05, 0) is 12.1 Å². The molecular formula is C8H10O4P-. The fraction of sp³-hybridized carbons (Fsp3) is 0. The second-order valence-corrected chi connectivity index (χ2v) is 2.99. The monoisotopic (exact) mass is 201 g/mol. The van der Waals surface area contributed by atoms with E-state index in [0.717, 1.165) is 0 Å². The van der Waals surface area contributed by atoms with Crippen molar-refractivity contribution in [1.29, 1.82) is 0 Å². The summed E-state index contributed by atoms with van der Waals surface area (Å²) < 4.78 is 14.3. The number of hydrogen-bond acceptors (Lipinski definition) is 3. The number of benzene rings is 1. The molecule has 1 aromatic rings. The van der Waals surface area contributed by atoms with Gasteiger partial charge in [0.25, 0.3) is 0 Å². The third-order valence-electron chi connectivity index (χ3n) is 0.964. The maximum Gasteiger partial charge on any atom is 0.317 e. The van der Waals surface area contributed by atoms with Gasteiger partial charge in [0.05, 0.1) is 0 Å². The lowest BCUT2D eigenvalue weighted by molar-refractivity contribution is -0.211. The molecule has 0 spiro atoms. The molecule has 1 aromatic carbocycles. The van der Waals surface area contributed by atoms with Crippen molar-refractivity contribution < 1.29 is 18.9 Å². The summed E-state index contributed by atoms with van der Waals surface area (Å²) in [7, 11) is -4.64. The minimum atomic E-state index is -4.64. The van der Waals surface area contributed by atoms with E-state index in [2.05, 4.69) is 17.7 Å². The Bertz CT molecular complexity index is 279. The van der Waals surface area contributed by atoms with Gasteiger partial charge in [-0.1, -0.05) is 18.2 Å². The first-order valence-corrected chi connectivity index (χ1v) is 4.86. The average Bonchev–Trinajstić information content (AvgIpc) is 2.07.